The van der Waals surface area contributed by atoms with E-state index in [4.69, 9.17) is 4.74 Å². The molecule has 1 aromatic rings. The van der Waals surface area contributed by atoms with E-state index >= 15 is 0 Å². The van der Waals surface area contributed by atoms with Crippen molar-refractivity contribution in [1.29, 1.82) is 0 Å². The summed E-state index contributed by atoms with van der Waals surface area (Å²) in [6, 6.07) is 4.20. The Morgan fingerprint density at radius 1 is 1.47 bits per heavy atom. The highest BCUT2D eigenvalue weighted by Crippen LogP contribution is 2.26. The van der Waals surface area contributed by atoms with Crippen LogP contribution >= 0.6 is 0 Å². The van der Waals surface area contributed by atoms with Crippen molar-refractivity contribution in [1.82, 2.24) is 0 Å². The fourth-order valence-corrected chi connectivity index (χ4v) is 1.30. The number of hydrogen-bond acceptors (Lipinski definition) is 2. The molecule has 0 amide bonds. The quantitative estimate of drug-likeness (QED) is 0.760. The van der Waals surface area contributed by atoms with Gasteiger partial charge in [0.25, 0.3) is 0 Å². The number of ether oxygens (including phenoxy) is 1. The zero-order chi connectivity index (χ0) is 11.3. The van der Waals surface area contributed by atoms with E-state index in [1.165, 1.54) is 12.1 Å². The largest absolute Gasteiger partial charge is 0.493 e. The zero-order valence-electron chi connectivity index (χ0n) is 9.16. The smallest absolute Gasteiger partial charge is 0.127 e. The Hall–Kier alpha value is -1.09. The monoisotopic (exact) mass is 212 g/mol. The lowest BCUT2D eigenvalue weighted by Gasteiger charge is -2.13. The Morgan fingerprint density at radius 3 is 2.80 bits per heavy atom. The molecule has 0 aliphatic rings. The molecule has 2 nitrogen and oxygen atoms in total. The summed E-state index contributed by atoms with van der Waals surface area (Å²) in [5.41, 5.74) is 0.632. The van der Waals surface area contributed by atoms with Gasteiger partial charge in [0.1, 0.15) is 11.6 Å². The summed E-state index contributed by atoms with van der Waals surface area (Å²) >= 11 is 0. The molecule has 0 aliphatic heterocycles. The molecule has 1 rings (SSSR count). The van der Waals surface area contributed by atoms with Crippen LogP contribution in [-0.2, 0) is 0 Å². The molecule has 0 unspecified atom stereocenters. The van der Waals surface area contributed by atoms with Crippen LogP contribution in [0.1, 0.15) is 38.4 Å². The summed E-state index contributed by atoms with van der Waals surface area (Å²) in [5.74, 6) is 0.101. The molecule has 1 atom stereocenters. The van der Waals surface area contributed by atoms with E-state index in [0.717, 1.165) is 12.8 Å². The third-order valence-electron chi connectivity index (χ3n) is 2.18. The third-order valence-corrected chi connectivity index (χ3v) is 2.18. The molecule has 3 heteroatoms. The van der Waals surface area contributed by atoms with Crippen LogP contribution in [0.4, 0.5) is 4.39 Å². The van der Waals surface area contributed by atoms with E-state index < -0.39 is 6.10 Å². The van der Waals surface area contributed by atoms with Gasteiger partial charge in [-0.3, -0.25) is 0 Å². The fraction of sp³-hybridized carbons (Fsp3) is 0.500. The highest BCUT2D eigenvalue weighted by atomic mass is 19.1. The first-order chi connectivity index (χ1) is 7.15. The molecular weight excluding hydrogens is 195 g/mol. The molecule has 0 aliphatic carbocycles. The lowest BCUT2D eigenvalue weighted by molar-refractivity contribution is 0.190. The molecule has 0 bridgehead atoms. The van der Waals surface area contributed by atoms with Crippen molar-refractivity contribution >= 4 is 0 Å². The van der Waals surface area contributed by atoms with Gasteiger partial charge < -0.3 is 9.84 Å². The van der Waals surface area contributed by atoms with Crippen LogP contribution < -0.4 is 4.74 Å². The number of rotatable bonds is 5. The van der Waals surface area contributed by atoms with E-state index in [2.05, 4.69) is 6.92 Å². The molecule has 0 saturated carbocycles. The van der Waals surface area contributed by atoms with Crippen LogP contribution in [0.5, 0.6) is 5.75 Å². The number of hydrogen-bond donors (Lipinski definition) is 1. The molecule has 1 aromatic carbocycles. The Kier molecular flexibility index (Phi) is 4.56. The van der Waals surface area contributed by atoms with Crippen LogP contribution in [0.3, 0.4) is 0 Å². The van der Waals surface area contributed by atoms with Crippen molar-refractivity contribution in [3.63, 3.8) is 0 Å². The molecule has 1 N–H and O–H groups in total. The van der Waals surface area contributed by atoms with Crippen molar-refractivity contribution in [2.75, 3.05) is 6.61 Å². The number of halogens is 1. The summed E-state index contributed by atoms with van der Waals surface area (Å²) in [7, 11) is 0. The van der Waals surface area contributed by atoms with E-state index in [1.54, 1.807) is 13.0 Å². The minimum absolute atomic E-state index is 0.342. The van der Waals surface area contributed by atoms with Gasteiger partial charge in [0.15, 0.2) is 0 Å². The SMILES string of the molecule is CCCCOc1cc(F)ccc1[C@@H](C)O. The molecule has 0 radical (unpaired) electrons. The van der Waals surface area contributed by atoms with Gasteiger partial charge >= 0.3 is 0 Å². The van der Waals surface area contributed by atoms with Crippen LogP contribution in [0.15, 0.2) is 18.2 Å². The zero-order valence-corrected chi connectivity index (χ0v) is 9.16. The summed E-state index contributed by atoms with van der Waals surface area (Å²) in [6.45, 7) is 4.25. The van der Waals surface area contributed by atoms with E-state index in [0.29, 0.717) is 17.9 Å². The maximum absolute atomic E-state index is 13.0. The first-order valence-corrected chi connectivity index (χ1v) is 5.25. The highest BCUT2D eigenvalue weighted by Gasteiger charge is 2.09. The molecule has 0 heterocycles. The predicted octanol–water partition coefficient (Wildman–Crippen LogP) is 3.06. The maximum Gasteiger partial charge on any atom is 0.127 e. The van der Waals surface area contributed by atoms with Gasteiger partial charge in [-0.15, -0.1) is 0 Å². The normalized spacial score (nSPS) is 12.5. The van der Waals surface area contributed by atoms with Crippen molar-refractivity contribution in [2.24, 2.45) is 0 Å². The number of unbranched alkanes of at least 4 members (excludes halogenated alkanes) is 1. The minimum Gasteiger partial charge on any atom is -0.493 e. The molecule has 0 fully saturated rings. The molecule has 84 valence electrons. The van der Waals surface area contributed by atoms with Crippen molar-refractivity contribution in [3.8, 4) is 5.75 Å². The van der Waals surface area contributed by atoms with E-state index in [-0.39, 0.29) is 5.82 Å². The van der Waals surface area contributed by atoms with Crippen molar-refractivity contribution < 1.29 is 14.2 Å². The topological polar surface area (TPSA) is 29.5 Å². The van der Waals surface area contributed by atoms with Crippen LogP contribution in [0.25, 0.3) is 0 Å². The number of aliphatic hydroxyl groups excluding tert-OH is 1. The standard InChI is InChI=1S/C12H17FO2/c1-3-4-7-15-12-8-10(13)5-6-11(12)9(2)14/h5-6,8-9,14H,3-4,7H2,1-2H3/t9-/m1/s1. The van der Waals surface area contributed by atoms with Crippen molar-refractivity contribution in [3.05, 3.63) is 29.6 Å². The van der Waals surface area contributed by atoms with Gasteiger partial charge in [0, 0.05) is 11.6 Å². The average molecular weight is 212 g/mol. The first-order valence-electron chi connectivity index (χ1n) is 5.25. The first kappa shape index (κ1) is 12.0. The average Bonchev–Trinajstić information content (AvgIpc) is 2.18. The number of benzene rings is 1. The van der Waals surface area contributed by atoms with Crippen LogP contribution in [-0.4, -0.2) is 11.7 Å². The van der Waals surface area contributed by atoms with Gasteiger partial charge in [0.2, 0.25) is 0 Å². The molecule has 15 heavy (non-hydrogen) atoms. The van der Waals surface area contributed by atoms with E-state index in [9.17, 15) is 9.50 Å². The van der Waals surface area contributed by atoms with Gasteiger partial charge in [-0.25, -0.2) is 4.39 Å². The molecule has 0 spiro atoms. The summed E-state index contributed by atoms with van der Waals surface area (Å²) in [4.78, 5) is 0. The fourth-order valence-electron chi connectivity index (χ4n) is 1.30. The van der Waals surface area contributed by atoms with Gasteiger partial charge in [-0.05, 0) is 25.5 Å². The summed E-state index contributed by atoms with van der Waals surface area (Å²) in [6.07, 6.45) is 1.32. The third kappa shape index (κ3) is 3.51. The number of aliphatic hydroxyl groups is 1. The van der Waals surface area contributed by atoms with Gasteiger partial charge in [-0.2, -0.15) is 0 Å². The second-order valence-corrected chi connectivity index (χ2v) is 3.56. The summed E-state index contributed by atoms with van der Waals surface area (Å²) < 4.78 is 18.4. The Labute approximate surface area is 89.7 Å². The Balaban J connectivity index is 2.77. The second-order valence-electron chi connectivity index (χ2n) is 3.56. The Bertz CT molecular complexity index is 310. The van der Waals surface area contributed by atoms with Gasteiger partial charge in [-0.1, -0.05) is 13.3 Å². The van der Waals surface area contributed by atoms with Crippen LogP contribution in [0.2, 0.25) is 0 Å². The minimum atomic E-state index is -0.637. The van der Waals surface area contributed by atoms with E-state index in [1.807, 2.05) is 0 Å². The lowest BCUT2D eigenvalue weighted by atomic mass is 10.1. The highest BCUT2D eigenvalue weighted by molar-refractivity contribution is 5.35. The molecule has 0 aromatic heterocycles. The Morgan fingerprint density at radius 2 is 2.20 bits per heavy atom. The summed E-state index contributed by atoms with van der Waals surface area (Å²) in [5, 5.41) is 9.45. The van der Waals surface area contributed by atoms with Gasteiger partial charge in [0.05, 0.1) is 12.7 Å². The van der Waals surface area contributed by atoms with Crippen LogP contribution in [0, 0.1) is 5.82 Å². The van der Waals surface area contributed by atoms with Crippen molar-refractivity contribution in [2.45, 2.75) is 32.8 Å². The maximum atomic E-state index is 13.0. The molecular formula is C12H17FO2. The predicted molar refractivity (Wildman–Crippen MR) is 57.4 cm³/mol. The lowest BCUT2D eigenvalue weighted by Crippen LogP contribution is -2.02. The second kappa shape index (κ2) is 5.71. The molecule has 0 saturated heterocycles.